The Hall–Kier alpha value is -1.09. The number of aryl methyl sites for hydroxylation is 1. The number of hydrogen-bond acceptors (Lipinski definition) is 2. The highest BCUT2D eigenvalue weighted by Gasteiger charge is 2.18. The van der Waals surface area contributed by atoms with Crippen LogP contribution in [0.25, 0.3) is 0 Å². The van der Waals surface area contributed by atoms with Crippen LogP contribution < -0.4 is 10.1 Å². The van der Waals surface area contributed by atoms with Gasteiger partial charge in [-0.1, -0.05) is 12.1 Å². The normalized spacial score (nSPS) is 20.1. The average molecular weight is 223 g/mol. The highest BCUT2D eigenvalue weighted by atomic mass is 19.1. The second-order valence-corrected chi connectivity index (χ2v) is 4.39. The summed E-state index contributed by atoms with van der Waals surface area (Å²) in [6.45, 7) is 2.83. The molecule has 1 saturated heterocycles. The minimum atomic E-state index is -0.224. The summed E-state index contributed by atoms with van der Waals surface area (Å²) in [7, 11) is 1.53. The Kier molecular flexibility index (Phi) is 3.44. The molecule has 1 heterocycles. The van der Waals surface area contributed by atoms with Gasteiger partial charge in [0.25, 0.3) is 0 Å². The van der Waals surface area contributed by atoms with E-state index in [0.29, 0.717) is 17.4 Å². The monoisotopic (exact) mass is 223 g/mol. The number of benzene rings is 1. The number of halogens is 1. The molecule has 1 aromatic carbocycles. The maximum absolute atomic E-state index is 13.8. The number of methoxy groups -OCH3 is 1. The molecule has 16 heavy (non-hydrogen) atoms. The highest BCUT2D eigenvalue weighted by molar-refractivity contribution is 5.39. The number of nitrogens with one attached hydrogen (secondary N) is 1. The Morgan fingerprint density at radius 1 is 1.50 bits per heavy atom. The van der Waals surface area contributed by atoms with E-state index in [1.54, 1.807) is 6.92 Å². The standard InChI is InChI=1S/C13H18FNO/c1-9-5-6-10(13(16-2)12(9)14)8-11-4-3-7-15-11/h5-6,11,15H,3-4,7-8H2,1-2H3. The fourth-order valence-electron chi connectivity index (χ4n) is 2.27. The van der Waals surface area contributed by atoms with Gasteiger partial charge in [-0.2, -0.15) is 0 Å². The van der Waals surface area contributed by atoms with Gasteiger partial charge in [-0.15, -0.1) is 0 Å². The zero-order valence-corrected chi connectivity index (χ0v) is 9.85. The lowest BCUT2D eigenvalue weighted by Crippen LogP contribution is -2.24. The van der Waals surface area contributed by atoms with E-state index in [-0.39, 0.29) is 5.82 Å². The Bertz CT molecular complexity index is 372. The Morgan fingerprint density at radius 2 is 2.31 bits per heavy atom. The third-order valence-electron chi connectivity index (χ3n) is 3.20. The molecule has 1 aromatic rings. The van der Waals surface area contributed by atoms with Gasteiger partial charge in [-0.25, -0.2) is 4.39 Å². The molecule has 88 valence electrons. The first kappa shape index (κ1) is 11.4. The van der Waals surface area contributed by atoms with E-state index in [4.69, 9.17) is 4.74 Å². The van der Waals surface area contributed by atoms with Crippen molar-refractivity contribution < 1.29 is 9.13 Å². The van der Waals surface area contributed by atoms with Crippen molar-refractivity contribution >= 4 is 0 Å². The second kappa shape index (κ2) is 4.83. The molecule has 0 saturated carbocycles. The van der Waals surface area contributed by atoms with Crippen molar-refractivity contribution in [2.75, 3.05) is 13.7 Å². The molecule has 1 aliphatic rings. The van der Waals surface area contributed by atoms with Gasteiger partial charge in [0.15, 0.2) is 11.6 Å². The number of rotatable bonds is 3. The van der Waals surface area contributed by atoms with Crippen molar-refractivity contribution in [2.45, 2.75) is 32.2 Å². The highest BCUT2D eigenvalue weighted by Crippen LogP contribution is 2.27. The van der Waals surface area contributed by atoms with Crippen LogP contribution in [0, 0.1) is 12.7 Å². The van der Waals surface area contributed by atoms with Crippen LogP contribution in [0.1, 0.15) is 24.0 Å². The van der Waals surface area contributed by atoms with Gasteiger partial charge < -0.3 is 10.1 Å². The van der Waals surface area contributed by atoms with Crippen LogP contribution in [0.15, 0.2) is 12.1 Å². The molecular weight excluding hydrogens is 205 g/mol. The summed E-state index contributed by atoms with van der Waals surface area (Å²) in [4.78, 5) is 0. The van der Waals surface area contributed by atoms with Crippen molar-refractivity contribution in [1.29, 1.82) is 0 Å². The van der Waals surface area contributed by atoms with Crippen molar-refractivity contribution in [2.24, 2.45) is 0 Å². The van der Waals surface area contributed by atoms with Gasteiger partial charge >= 0.3 is 0 Å². The molecule has 0 radical (unpaired) electrons. The van der Waals surface area contributed by atoms with Gasteiger partial charge in [0.2, 0.25) is 0 Å². The maximum Gasteiger partial charge on any atom is 0.168 e. The minimum absolute atomic E-state index is 0.224. The van der Waals surface area contributed by atoms with Crippen LogP contribution in [0.2, 0.25) is 0 Å². The number of ether oxygens (including phenoxy) is 1. The zero-order valence-electron chi connectivity index (χ0n) is 9.85. The van der Waals surface area contributed by atoms with Crippen molar-refractivity contribution in [1.82, 2.24) is 5.32 Å². The van der Waals surface area contributed by atoms with E-state index in [2.05, 4.69) is 5.32 Å². The van der Waals surface area contributed by atoms with Gasteiger partial charge in [-0.3, -0.25) is 0 Å². The first-order valence-corrected chi connectivity index (χ1v) is 5.77. The van der Waals surface area contributed by atoms with E-state index in [1.807, 2.05) is 12.1 Å². The minimum Gasteiger partial charge on any atom is -0.493 e. The second-order valence-electron chi connectivity index (χ2n) is 4.39. The first-order chi connectivity index (χ1) is 7.72. The molecular formula is C13H18FNO. The number of hydrogen-bond donors (Lipinski definition) is 1. The van der Waals surface area contributed by atoms with E-state index in [0.717, 1.165) is 18.5 Å². The average Bonchev–Trinajstić information content (AvgIpc) is 2.77. The SMILES string of the molecule is COc1c(CC2CCCN2)ccc(C)c1F. The van der Waals surface area contributed by atoms with Gasteiger partial charge in [0.1, 0.15) is 0 Å². The molecule has 1 atom stereocenters. The summed E-state index contributed by atoms with van der Waals surface area (Å²) >= 11 is 0. The summed E-state index contributed by atoms with van der Waals surface area (Å²) in [5.74, 6) is 0.187. The molecule has 2 nitrogen and oxygen atoms in total. The third kappa shape index (κ3) is 2.19. The van der Waals surface area contributed by atoms with E-state index in [1.165, 1.54) is 20.0 Å². The van der Waals surface area contributed by atoms with Gasteiger partial charge in [0, 0.05) is 6.04 Å². The van der Waals surface area contributed by atoms with Crippen molar-refractivity contribution in [3.8, 4) is 5.75 Å². The Balaban J connectivity index is 2.22. The fourth-order valence-corrected chi connectivity index (χ4v) is 2.27. The van der Waals surface area contributed by atoms with Crippen molar-refractivity contribution in [3.63, 3.8) is 0 Å². The van der Waals surface area contributed by atoms with Crippen LogP contribution in [0.3, 0.4) is 0 Å². The lowest BCUT2D eigenvalue weighted by atomic mass is 10.0. The molecule has 1 aliphatic heterocycles. The van der Waals surface area contributed by atoms with Crippen LogP contribution in [0.5, 0.6) is 5.75 Å². The molecule has 0 spiro atoms. The third-order valence-corrected chi connectivity index (χ3v) is 3.20. The summed E-state index contributed by atoms with van der Waals surface area (Å²) in [6.07, 6.45) is 3.22. The lowest BCUT2D eigenvalue weighted by molar-refractivity contribution is 0.377. The Morgan fingerprint density at radius 3 is 2.94 bits per heavy atom. The smallest absolute Gasteiger partial charge is 0.168 e. The van der Waals surface area contributed by atoms with E-state index >= 15 is 0 Å². The summed E-state index contributed by atoms with van der Waals surface area (Å²) in [5.41, 5.74) is 1.60. The lowest BCUT2D eigenvalue weighted by Gasteiger charge is -2.14. The molecule has 1 N–H and O–H groups in total. The molecule has 0 aromatic heterocycles. The van der Waals surface area contributed by atoms with Crippen LogP contribution >= 0.6 is 0 Å². The van der Waals surface area contributed by atoms with Crippen LogP contribution in [-0.2, 0) is 6.42 Å². The summed E-state index contributed by atoms with van der Waals surface area (Å²) < 4.78 is 19.0. The Labute approximate surface area is 95.8 Å². The molecule has 0 bridgehead atoms. The topological polar surface area (TPSA) is 21.3 Å². The largest absolute Gasteiger partial charge is 0.493 e. The van der Waals surface area contributed by atoms with Crippen LogP contribution in [-0.4, -0.2) is 19.7 Å². The zero-order chi connectivity index (χ0) is 11.5. The fraction of sp³-hybridized carbons (Fsp3) is 0.538. The van der Waals surface area contributed by atoms with Gasteiger partial charge in [-0.05, 0) is 43.9 Å². The van der Waals surface area contributed by atoms with Crippen molar-refractivity contribution in [3.05, 3.63) is 29.1 Å². The first-order valence-electron chi connectivity index (χ1n) is 5.77. The summed E-state index contributed by atoms with van der Waals surface area (Å²) in [6, 6.07) is 4.26. The molecule has 3 heteroatoms. The quantitative estimate of drug-likeness (QED) is 0.849. The van der Waals surface area contributed by atoms with Crippen LogP contribution in [0.4, 0.5) is 4.39 Å². The molecule has 1 unspecified atom stereocenters. The molecule has 2 rings (SSSR count). The van der Waals surface area contributed by atoms with E-state index in [9.17, 15) is 4.39 Å². The predicted octanol–water partition coefficient (Wildman–Crippen LogP) is 2.44. The van der Waals surface area contributed by atoms with E-state index < -0.39 is 0 Å². The predicted molar refractivity (Wildman–Crippen MR) is 62.4 cm³/mol. The molecule has 1 fully saturated rings. The van der Waals surface area contributed by atoms with Gasteiger partial charge in [0.05, 0.1) is 7.11 Å². The summed E-state index contributed by atoms with van der Waals surface area (Å²) in [5, 5.41) is 3.41. The molecule has 0 amide bonds. The molecule has 0 aliphatic carbocycles. The maximum atomic E-state index is 13.8.